The fourth-order valence-corrected chi connectivity index (χ4v) is 2.53. The minimum absolute atomic E-state index is 0.0115. The van der Waals surface area contributed by atoms with E-state index in [4.69, 9.17) is 4.74 Å². The lowest BCUT2D eigenvalue weighted by atomic mass is 10.1. The van der Waals surface area contributed by atoms with Gasteiger partial charge in [-0.2, -0.15) is 13.2 Å². The van der Waals surface area contributed by atoms with Crippen molar-refractivity contribution in [2.45, 2.75) is 6.18 Å². The third kappa shape index (κ3) is 4.40. The van der Waals surface area contributed by atoms with Gasteiger partial charge in [-0.3, -0.25) is 4.79 Å². The van der Waals surface area contributed by atoms with E-state index < -0.39 is 17.6 Å². The number of halogens is 3. The van der Waals surface area contributed by atoms with Crippen molar-refractivity contribution < 1.29 is 22.7 Å². The summed E-state index contributed by atoms with van der Waals surface area (Å²) in [6.07, 6.45) is -3.16. The van der Waals surface area contributed by atoms with Crippen LogP contribution in [0.15, 0.2) is 66.9 Å². The first-order chi connectivity index (χ1) is 13.4. The summed E-state index contributed by atoms with van der Waals surface area (Å²) >= 11 is 0. The third-order valence-corrected chi connectivity index (χ3v) is 3.86. The van der Waals surface area contributed by atoms with Crippen LogP contribution in [-0.2, 0) is 6.18 Å². The number of amides is 1. The molecule has 8 heteroatoms. The monoisotopic (exact) mass is 387 g/mol. The molecule has 3 aromatic rings. The standard InChI is InChI=1S/C20H16F3N3O2/c1-28-18-9-5-4-8-16(18)25-13-10-11-17(24-12-13)19(27)26-15-7-3-2-6-14(15)20(21,22)23/h2-12,25H,1H3,(H,26,27). The van der Waals surface area contributed by atoms with Gasteiger partial charge < -0.3 is 15.4 Å². The van der Waals surface area contributed by atoms with Crippen LogP contribution < -0.4 is 15.4 Å². The maximum Gasteiger partial charge on any atom is 0.418 e. The molecule has 0 unspecified atom stereocenters. The molecule has 0 bridgehead atoms. The van der Waals surface area contributed by atoms with E-state index in [0.29, 0.717) is 17.1 Å². The van der Waals surface area contributed by atoms with Gasteiger partial charge in [-0.15, -0.1) is 0 Å². The Balaban J connectivity index is 1.75. The number of hydrogen-bond acceptors (Lipinski definition) is 4. The quantitative estimate of drug-likeness (QED) is 0.639. The number of rotatable bonds is 5. The average molecular weight is 387 g/mol. The van der Waals surface area contributed by atoms with Crippen molar-refractivity contribution >= 4 is 23.0 Å². The number of carbonyl (C=O) groups excluding carboxylic acids is 1. The first kappa shape index (κ1) is 19.2. The number of carbonyl (C=O) groups is 1. The van der Waals surface area contributed by atoms with Gasteiger partial charge in [0.05, 0.1) is 35.9 Å². The molecule has 0 aliphatic heterocycles. The molecule has 0 saturated heterocycles. The van der Waals surface area contributed by atoms with Crippen LogP contribution in [0.3, 0.4) is 0 Å². The summed E-state index contributed by atoms with van der Waals surface area (Å²) in [6.45, 7) is 0. The lowest BCUT2D eigenvalue weighted by Crippen LogP contribution is -2.17. The molecular weight excluding hydrogens is 371 g/mol. The fourth-order valence-electron chi connectivity index (χ4n) is 2.53. The van der Waals surface area contributed by atoms with Crippen LogP contribution in [0.4, 0.5) is 30.2 Å². The molecule has 5 nitrogen and oxygen atoms in total. The smallest absolute Gasteiger partial charge is 0.418 e. The molecule has 2 N–H and O–H groups in total. The molecule has 0 atom stereocenters. The van der Waals surface area contributed by atoms with Crippen LogP contribution in [0.5, 0.6) is 5.75 Å². The summed E-state index contributed by atoms with van der Waals surface area (Å²) in [5.41, 5.74) is 0.0539. The number of anilines is 3. The Labute approximate surface area is 159 Å². The van der Waals surface area contributed by atoms with Crippen LogP contribution in [0.25, 0.3) is 0 Å². The zero-order valence-electron chi connectivity index (χ0n) is 14.7. The highest BCUT2D eigenvalue weighted by molar-refractivity contribution is 6.03. The van der Waals surface area contributed by atoms with Gasteiger partial charge in [0, 0.05) is 0 Å². The average Bonchev–Trinajstić information content (AvgIpc) is 2.68. The Kier molecular flexibility index (Phi) is 5.49. The first-order valence-electron chi connectivity index (χ1n) is 8.22. The summed E-state index contributed by atoms with van der Waals surface area (Å²) in [5.74, 6) is -0.103. The summed E-state index contributed by atoms with van der Waals surface area (Å²) in [5, 5.41) is 5.36. The number of ether oxygens (including phenoxy) is 1. The van der Waals surface area contributed by atoms with Gasteiger partial charge >= 0.3 is 6.18 Å². The van der Waals surface area contributed by atoms with Gasteiger partial charge in [0.2, 0.25) is 0 Å². The van der Waals surface area contributed by atoms with Crippen molar-refractivity contribution in [1.29, 1.82) is 0 Å². The minimum Gasteiger partial charge on any atom is -0.495 e. The molecule has 3 rings (SSSR count). The number of benzene rings is 2. The van der Waals surface area contributed by atoms with Crippen LogP contribution in [0.2, 0.25) is 0 Å². The molecule has 28 heavy (non-hydrogen) atoms. The maximum atomic E-state index is 13.0. The fraction of sp³-hybridized carbons (Fsp3) is 0.100. The number of hydrogen-bond donors (Lipinski definition) is 2. The molecule has 1 heterocycles. The zero-order chi connectivity index (χ0) is 20.1. The van der Waals surface area contributed by atoms with E-state index in [1.165, 1.54) is 30.5 Å². The van der Waals surface area contributed by atoms with Crippen LogP contribution in [0.1, 0.15) is 16.1 Å². The van der Waals surface area contributed by atoms with Crippen LogP contribution in [-0.4, -0.2) is 18.0 Å². The molecule has 0 aliphatic rings. The Bertz CT molecular complexity index is 973. The predicted molar refractivity (Wildman–Crippen MR) is 99.9 cm³/mol. The minimum atomic E-state index is -4.57. The third-order valence-electron chi connectivity index (χ3n) is 3.86. The second kappa shape index (κ2) is 7.99. The molecule has 1 amide bonds. The number of methoxy groups -OCH3 is 1. The van der Waals surface area contributed by atoms with Crippen molar-refractivity contribution in [2.75, 3.05) is 17.7 Å². The highest BCUT2D eigenvalue weighted by Gasteiger charge is 2.33. The predicted octanol–water partition coefficient (Wildman–Crippen LogP) is 5.10. The summed E-state index contributed by atoms with van der Waals surface area (Å²) in [6, 6.07) is 15.1. The number of nitrogens with one attached hydrogen (secondary N) is 2. The van der Waals surface area contributed by atoms with Gasteiger partial charge in [-0.25, -0.2) is 4.98 Å². The second-order valence-corrected chi connectivity index (χ2v) is 5.75. The number of nitrogens with zero attached hydrogens (tertiary/aromatic N) is 1. The molecule has 0 aliphatic carbocycles. The Morgan fingerprint density at radius 2 is 1.64 bits per heavy atom. The van der Waals surface area contributed by atoms with E-state index in [0.717, 1.165) is 6.07 Å². The van der Waals surface area contributed by atoms with Gasteiger partial charge in [0.1, 0.15) is 11.4 Å². The van der Waals surface area contributed by atoms with E-state index in [-0.39, 0.29) is 11.4 Å². The van der Waals surface area contributed by atoms with E-state index in [1.807, 2.05) is 18.2 Å². The van der Waals surface area contributed by atoms with Crippen molar-refractivity contribution in [3.8, 4) is 5.75 Å². The molecule has 1 aromatic heterocycles. The van der Waals surface area contributed by atoms with E-state index in [9.17, 15) is 18.0 Å². The largest absolute Gasteiger partial charge is 0.495 e. The SMILES string of the molecule is COc1ccccc1Nc1ccc(C(=O)Nc2ccccc2C(F)(F)F)nc1. The normalized spacial score (nSPS) is 11.0. The Hall–Kier alpha value is -3.55. The van der Waals surface area contributed by atoms with Crippen molar-refractivity contribution in [3.05, 3.63) is 78.1 Å². The highest BCUT2D eigenvalue weighted by Crippen LogP contribution is 2.34. The Morgan fingerprint density at radius 3 is 2.29 bits per heavy atom. The first-order valence-corrected chi connectivity index (χ1v) is 8.22. The molecule has 0 radical (unpaired) electrons. The molecule has 0 fully saturated rings. The number of para-hydroxylation sites is 3. The number of aromatic nitrogens is 1. The molecule has 0 spiro atoms. The lowest BCUT2D eigenvalue weighted by molar-refractivity contribution is -0.136. The van der Waals surface area contributed by atoms with Crippen LogP contribution in [0, 0.1) is 0 Å². The van der Waals surface area contributed by atoms with Crippen molar-refractivity contribution in [2.24, 2.45) is 0 Å². The zero-order valence-corrected chi connectivity index (χ0v) is 14.7. The molecule has 0 saturated carbocycles. The second-order valence-electron chi connectivity index (χ2n) is 5.75. The van der Waals surface area contributed by atoms with Gasteiger partial charge in [0.15, 0.2) is 0 Å². The molecule has 144 valence electrons. The highest BCUT2D eigenvalue weighted by atomic mass is 19.4. The maximum absolute atomic E-state index is 13.0. The van der Waals surface area contributed by atoms with Gasteiger partial charge in [0.25, 0.3) is 5.91 Å². The summed E-state index contributed by atoms with van der Waals surface area (Å²) in [7, 11) is 1.55. The number of pyridine rings is 1. The summed E-state index contributed by atoms with van der Waals surface area (Å²) < 4.78 is 44.4. The van der Waals surface area contributed by atoms with E-state index in [1.54, 1.807) is 19.2 Å². The topological polar surface area (TPSA) is 63.2 Å². The van der Waals surface area contributed by atoms with Crippen LogP contribution >= 0.6 is 0 Å². The molecule has 2 aromatic carbocycles. The van der Waals surface area contributed by atoms with Crippen molar-refractivity contribution in [1.82, 2.24) is 4.98 Å². The van der Waals surface area contributed by atoms with Gasteiger partial charge in [-0.05, 0) is 36.4 Å². The summed E-state index contributed by atoms with van der Waals surface area (Å²) in [4.78, 5) is 16.3. The van der Waals surface area contributed by atoms with E-state index >= 15 is 0 Å². The lowest BCUT2D eigenvalue weighted by Gasteiger charge is -2.13. The Morgan fingerprint density at radius 1 is 0.964 bits per heavy atom. The molecular formula is C20H16F3N3O2. The number of alkyl halides is 3. The van der Waals surface area contributed by atoms with E-state index in [2.05, 4.69) is 15.6 Å². The van der Waals surface area contributed by atoms with Crippen molar-refractivity contribution in [3.63, 3.8) is 0 Å². The van der Waals surface area contributed by atoms with Gasteiger partial charge in [-0.1, -0.05) is 24.3 Å².